The smallest absolute Gasteiger partial charge is 0.201 e. The van der Waals surface area contributed by atoms with Crippen molar-refractivity contribution in [1.82, 2.24) is 0 Å². The highest BCUT2D eigenvalue weighted by atomic mass is 19.2. The van der Waals surface area contributed by atoms with Crippen LogP contribution in [0.5, 0.6) is 5.75 Å². The molecular weight excluding hydrogens is 306 g/mol. The Kier molecular flexibility index (Phi) is 7.74. The summed E-state index contributed by atoms with van der Waals surface area (Å²) >= 11 is 0. The summed E-state index contributed by atoms with van der Waals surface area (Å²) in [5, 5.41) is 0. The molecule has 0 bridgehead atoms. The highest BCUT2D eigenvalue weighted by Gasteiger charge is 2.21. The van der Waals surface area contributed by atoms with Crippen molar-refractivity contribution in [2.24, 2.45) is 11.8 Å². The normalized spacial score (nSPS) is 21.3. The Morgan fingerprint density at radius 2 is 1.71 bits per heavy atom. The number of unbranched alkanes of at least 4 members (excludes halogenated alkanes) is 1. The van der Waals surface area contributed by atoms with E-state index < -0.39 is 11.6 Å². The number of aryl methyl sites for hydroxylation is 1. The third-order valence-corrected chi connectivity index (χ3v) is 5.21. The van der Waals surface area contributed by atoms with Gasteiger partial charge in [-0.15, -0.1) is 0 Å². The second-order valence-electron chi connectivity index (χ2n) is 7.01. The Labute approximate surface area is 145 Å². The van der Waals surface area contributed by atoms with E-state index in [1.807, 2.05) is 0 Å². The maximum atomic E-state index is 14.2. The van der Waals surface area contributed by atoms with E-state index in [1.54, 1.807) is 19.1 Å². The van der Waals surface area contributed by atoms with Crippen molar-refractivity contribution < 1.29 is 13.5 Å². The Morgan fingerprint density at radius 3 is 2.33 bits per heavy atom. The Balaban J connectivity index is 1.83. The molecule has 0 saturated heterocycles. The predicted molar refractivity (Wildman–Crippen MR) is 95.1 cm³/mol. The first kappa shape index (κ1) is 19.0. The van der Waals surface area contributed by atoms with Gasteiger partial charge in [0.25, 0.3) is 0 Å². The van der Waals surface area contributed by atoms with Gasteiger partial charge in [-0.1, -0.05) is 64.0 Å². The third-order valence-electron chi connectivity index (χ3n) is 5.21. The van der Waals surface area contributed by atoms with Gasteiger partial charge in [0.2, 0.25) is 5.82 Å². The molecule has 2 rings (SSSR count). The van der Waals surface area contributed by atoms with E-state index in [0.29, 0.717) is 17.9 Å². The number of hydrogen-bond acceptors (Lipinski definition) is 1. The van der Waals surface area contributed by atoms with E-state index >= 15 is 0 Å². The van der Waals surface area contributed by atoms with E-state index in [9.17, 15) is 8.78 Å². The fourth-order valence-corrected chi connectivity index (χ4v) is 3.66. The lowest BCUT2D eigenvalue weighted by Crippen LogP contribution is -2.15. The summed E-state index contributed by atoms with van der Waals surface area (Å²) in [6.45, 7) is 4.01. The quantitative estimate of drug-likeness (QED) is 0.474. The van der Waals surface area contributed by atoms with Crippen LogP contribution in [0.2, 0.25) is 0 Å². The average Bonchev–Trinajstić information content (AvgIpc) is 2.61. The molecule has 1 nitrogen and oxygen atoms in total. The van der Waals surface area contributed by atoms with E-state index in [-0.39, 0.29) is 5.75 Å². The van der Waals surface area contributed by atoms with Crippen LogP contribution in [-0.4, -0.2) is 0 Å². The molecule has 134 valence electrons. The summed E-state index contributed by atoms with van der Waals surface area (Å²) in [6.07, 6.45) is 13.6. The first-order valence-electron chi connectivity index (χ1n) is 9.40. The van der Waals surface area contributed by atoms with Crippen LogP contribution in [0.25, 0.3) is 0 Å². The number of ether oxygens (including phenoxy) is 1. The fourth-order valence-electron chi connectivity index (χ4n) is 3.66. The van der Waals surface area contributed by atoms with Gasteiger partial charge in [-0.2, -0.15) is 4.39 Å². The van der Waals surface area contributed by atoms with Crippen molar-refractivity contribution in [2.75, 3.05) is 0 Å². The van der Waals surface area contributed by atoms with Gasteiger partial charge >= 0.3 is 0 Å². The predicted octanol–water partition coefficient (Wildman–Crippen LogP) is 6.81. The summed E-state index contributed by atoms with van der Waals surface area (Å²) in [5.41, 5.74) is 0.466. The molecule has 0 spiro atoms. The Morgan fingerprint density at radius 1 is 1.04 bits per heavy atom. The standard InChI is InChI=1S/C21H30F2O/c1-3-5-6-16-7-9-17(10-8-16)11-12-18-13-14-19(24-15-4-2)21(23)20(18)22/h4,13-17H,3,5-12H2,1-2H3. The van der Waals surface area contributed by atoms with E-state index in [0.717, 1.165) is 12.3 Å². The van der Waals surface area contributed by atoms with Crippen molar-refractivity contribution in [1.29, 1.82) is 0 Å². The minimum absolute atomic E-state index is 0.0502. The van der Waals surface area contributed by atoms with Crippen LogP contribution in [0.3, 0.4) is 0 Å². The molecular formula is C21H30F2O. The molecule has 0 unspecified atom stereocenters. The third kappa shape index (κ3) is 5.32. The summed E-state index contributed by atoms with van der Waals surface area (Å²) in [6, 6.07) is 3.18. The zero-order valence-electron chi connectivity index (χ0n) is 15.0. The lowest BCUT2D eigenvalue weighted by molar-refractivity contribution is 0.249. The topological polar surface area (TPSA) is 9.23 Å². The average molecular weight is 336 g/mol. The summed E-state index contributed by atoms with van der Waals surface area (Å²) < 4.78 is 33.2. The molecule has 0 amide bonds. The number of rotatable bonds is 8. The Hall–Kier alpha value is -1.38. The van der Waals surface area contributed by atoms with Gasteiger partial charge in [-0.3, -0.25) is 0 Å². The highest BCUT2D eigenvalue weighted by molar-refractivity contribution is 5.31. The van der Waals surface area contributed by atoms with Crippen LogP contribution in [0.1, 0.15) is 70.8 Å². The van der Waals surface area contributed by atoms with Gasteiger partial charge < -0.3 is 4.74 Å². The molecule has 0 radical (unpaired) electrons. The van der Waals surface area contributed by atoms with Crippen molar-refractivity contribution >= 4 is 0 Å². The van der Waals surface area contributed by atoms with Gasteiger partial charge in [0.1, 0.15) is 0 Å². The first-order chi connectivity index (χ1) is 11.7. The van der Waals surface area contributed by atoms with Gasteiger partial charge in [-0.05, 0) is 43.2 Å². The second kappa shape index (κ2) is 9.80. The highest BCUT2D eigenvalue weighted by Crippen LogP contribution is 2.34. The molecule has 0 N–H and O–H groups in total. The minimum atomic E-state index is -0.881. The molecule has 3 heteroatoms. The minimum Gasteiger partial charge on any atom is -0.462 e. The van der Waals surface area contributed by atoms with Crippen molar-refractivity contribution in [2.45, 2.75) is 71.6 Å². The molecule has 1 aromatic rings. The monoisotopic (exact) mass is 336 g/mol. The van der Waals surface area contributed by atoms with E-state index in [2.05, 4.69) is 6.92 Å². The molecule has 0 heterocycles. The van der Waals surface area contributed by atoms with Gasteiger partial charge in [0.05, 0.1) is 6.26 Å². The summed E-state index contributed by atoms with van der Waals surface area (Å²) in [7, 11) is 0. The van der Waals surface area contributed by atoms with Gasteiger partial charge in [-0.25, -0.2) is 4.39 Å². The van der Waals surface area contributed by atoms with Gasteiger partial charge in [0.15, 0.2) is 11.6 Å². The molecule has 0 atom stereocenters. The van der Waals surface area contributed by atoms with E-state index in [1.165, 1.54) is 57.3 Å². The fraction of sp³-hybridized carbons (Fsp3) is 0.619. The molecule has 1 saturated carbocycles. The van der Waals surface area contributed by atoms with Gasteiger partial charge in [0, 0.05) is 0 Å². The summed E-state index contributed by atoms with van der Waals surface area (Å²) in [5.74, 6) is -0.143. The van der Waals surface area contributed by atoms with Crippen LogP contribution >= 0.6 is 0 Å². The molecule has 1 fully saturated rings. The second-order valence-corrected chi connectivity index (χ2v) is 7.01. The van der Waals surface area contributed by atoms with Crippen LogP contribution in [0, 0.1) is 23.5 Å². The molecule has 0 aliphatic heterocycles. The zero-order chi connectivity index (χ0) is 17.4. The largest absolute Gasteiger partial charge is 0.462 e. The van der Waals surface area contributed by atoms with Crippen LogP contribution in [-0.2, 0) is 6.42 Å². The van der Waals surface area contributed by atoms with Crippen molar-refractivity contribution in [3.63, 3.8) is 0 Å². The molecule has 0 aromatic heterocycles. The lowest BCUT2D eigenvalue weighted by atomic mass is 9.78. The van der Waals surface area contributed by atoms with E-state index in [4.69, 9.17) is 4.74 Å². The first-order valence-corrected chi connectivity index (χ1v) is 9.40. The number of benzene rings is 1. The Bertz CT molecular complexity index is 531. The number of allylic oxidation sites excluding steroid dienone is 1. The summed E-state index contributed by atoms with van der Waals surface area (Å²) in [4.78, 5) is 0. The van der Waals surface area contributed by atoms with Crippen molar-refractivity contribution in [3.05, 3.63) is 41.7 Å². The molecule has 1 aliphatic rings. The SMILES string of the molecule is CC=COc1ccc(CCC2CCC(CCCC)CC2)c(F)c1F. The zero-order valence-corrected chi connectivity index (χ0v) is 15.0. The lowest BCUT2D eigenvalue weighted by Gasteiger charge is -2.28. The van der Waals surface area contributed by atoms with Crippen LogP contribution in [0.4, 0.5) is 8.78 Å². The number of hydrogen-bond donors (Lipinski definition) is 0. The van der Waals surface area contributed by atoms with Crippen molar-refractivity contribution in [3.8, 4) is 5.75 Å². The van der Waals surface area contributed by atoms with Crippen LogP contribution < -0.4 is 4.74 Å². The molecule has 1 aliphatic carbocycles. The number of halogens is 2. The molecule has 1 aromatic carbocycles. The molecule has 24 heavy (non-hydrogen) atoms. The maximum Gasteiger partial charge on any atom is 0.201 e. The van der Waals surface area contributed by atoms with Crippen LogP contribution in [0.15, 0.2) is 24.5 Å². The maximum absolute atomic E-state index is 14.2.